The number of aliphatic carboxylic acids is 1. The van der Waals surface area contributed by atoms with Crippen molar-refractivity contribution in [2.45, 2.75) is 13.8 Å². The number of hydrogen-bond acceptors (Lipinski definition) is 3. The van der Waals surface area contributed by atoms with E-state index in [1.54, 1.807) is 38.5 Å². The van der Waals surface area contributed by atoms with Gasteiger partial charge >= 0.3 is 12.0 Å². The highest BCUT2D eigenvalue weighted by Crippen LogP contribution is 2.13. The van der Waals surface area contributed by atoms with Gasteiger partial charge in [-0.05, 0) is 19.1 Å². The van der Waals surface area contributed by atoms with E-state index in [9.17, 15) is 9.59 Å². The Morgan fingerprint density at radius 1 is 1.47 bits per heavy atom. The monoisotopic (exact) mass is 265 g/mol. The van der Waals surface area contributed by atoms with Gasteiger partial charge in [0.25, 0.3) is 0 Å². The van der Waals surface area contributed by atoms with Crippen LogP contribution in [0.1, 0.15) is 13.8 Å². The van der Waals surface area contributed by atoms with E-state index in [1.165, 1.54) is 9.80 Å². The van der Waals surface area contributed by atoms with Crippen molar-refractivity contribution in [2.75, 3.05) is 25.0 Å². The molecule has 1 unspecified atom stereocenters. The first-order valence-corrected chi connectivity index (χ1v) is 6.12. The minimum absolute atomic E-state index is 0.190. The van der Waals surface area contributed by atoms with Gasteiger partial charge in [0.1, 0.15) is 0 Å². The Hall–Kier alpha value is -2.11. The van der Waals surface area contributed by atoms with Gasteiger partial charge in [-0.25, -0.2) is 4.79 Å². The molecular weight excluding hydrogens is 246 g/mol. The number of rotatable bonds is 5. The maximum absolute atomic E-state index is 12.3. The summed E-state index contributed by atoms with van der Waals surface area (Å²) in [6.45, 7) is 4.06. The topological polar surface area (TPSA) is 73.7 Å². The predicted molar refractivity (Wildman–Crippen MR) is 72.1 cm³/mol. The number of carboxylic acid groups (broad SMARTS) is 1. The van der Waals surface area contributed by atoms with Crippen LogP contribution in [0.3, 0.4) is 0 Å². The van der Waals surface area contributed by atoms with Gasteiger partial charge < -0.3 is 10.0 Å². The number of anilines is 1. The van der Waals surface area contributed by atoms with Crippen molar-refractivity contribution in [1.82, 2.24) is 9.88 Å². The van der Waals surface area contributed by atoms with E-state index in [4.69, 9.17) is 5.11 Å². The van der Waals surface area contributed by atoms with Crippen molar-refractivity contribution >= 4 is 17.7 Å². The second-order valence-electron chi connectivity index (χ2n) is 4.33. The van der Waals surface area contributed by atoms with Gasteiger partial charge in [0.05, 0.1) is 17.8 Å². The molecular formula is C13H19N3O3. The highest BCUT2D eigenvalue weighted by Gasteiger charge is 2.22. The number of urea groups is 1. The van der Waals surface area contributed by atoms with Crippen LogP contribution in [-0.4, -0.2) is 47.1 Å². The minimum Gasteiger partial charge on any atom is -0.481 e. The van der Waals surface area contributed by atoms with Crippen molar-refractivity contribution < 1.29 is 14.7 Å². The molecule has 6 nitrogen and oxygen atoms in total. The van der Waals surface area contributed by atoms with Crippen LogP contribution in [0.5, 0.6) is 0 Å². The quantitative estimate of drug-likeness (QED) is 0.879. The van der Waals surface area contributed by atoms with E-state index in [1.807, 2.05) is 6.92 Å². The molecule has 1 aromatic rings. The van der Waals surface area contributed by atoms with E-state index in [0.29, 0.717) is 12.2 Å². The van der Waals surface area contributed by atoms with E-state index >= 15 is 0 Å². The summed E-state index contributed by atoms with van der Waals surface area (Å²) in [5.41, 5.74) is 0.675. The van der Waals surface area contributed by atoms with Gasteiger partial charge in [-0.2, -0.15) is 0 Å². The fourth-order valence-electron chi connectivity index (χ4n) is 1.63. The molecule has 0 bridgehead atoms. The van der Waals surface area contributed by atoms with Gasteiger partial charge in [0.2, 0.25) is 0 Å². The summed E-state index contributed by atoms with van der Waals surface area (Å²) in [4.78, 5) is 30.0. The number of carbonyl (C=O) groups is 2. The van der Waals surface area contributed by atoms with Crippen LogP contribution in [0.25, 0.3) is 0 Å². The van der Waals surface area contributed by atoms with Gasteiger partial charge in [0, 0.05) is 26.3 Å². The Morgan fingerprint density at radius 3 is 2.63 bits per heavy atom. The Morgan fingerprint density at radius 2 is 2.16 bits per heavy atom. The van der Waals surface area contributed by atoms with Crippen molar-refractivity contribution in [3.63, 3.8) is 0 Å². The molecule has 1 aromatic heterocycles. The lowest BCUT2D eigenvalue weighted by Crippen LogP contribution is -2.44. The molecule has 0 aliphatic rings. The van der Waals surface area contributed by atoms with Crippen molar-refractivity contribution in [1.29, 1.82) is 0 Å². The zero-order valence-corrected chi connectivity index (χ0v) is 11.4. The first kappa shape index (κ1) is 14.9. The standard InChI is InChI=1S/C13H19N3O3/c1-4-16(9-10(2)12(17)18)13(19)15(3)11-6-5-7-14-8-11/h5-8,10H,4,9H2,1-3H3,(H,17,18). The average Bonchev–Trinajstić information content (AvgIpc) is 2.43. The smallest absolute Gasteiger partial charge is 0.324 e. The van der Waals surface area contributed by atoms with E-state index in [-0.39, 0.29) is 12.6 Å². The van der Waals surface area contributed by atoms with Crippen molar-refractivity contribution in [3.05, 3.63) is 24.5 Å². The SMILES string of the molecule is CCN(CC(C)C(=O)O)C(=O)N(C)c1cccnc1. The molecule has 0 saturated heterocycles. The summed E-state index contributed by atoms with van der Waals surface area (Å²) in [7, 11) is 1.65. The lowest BCUT2D eigenvalue weighted by Gasteiger charge is -2.28. The van der Waals surface area contributed by atoms with Crippen LogP contribution in [-0.2, 0) is 4.79 Å². The molecule has 0 fully saturated rings. The van der Waals surface area contributed by atoms with Gasteiger partial charge in [-0.15, -0.1) is 0 Å². The van der Waals surface area contributed by atoms with Gasteiger partial charge in [-0.1, -0.05) is 6.92 Å². The van der Waals surface area contributed by atoms with Crippen LogP contribution in [0.15, 0.2) is 24.5 Å². The Labute approximate surface area is 112 Å². The molecule has 0 spiro atoms. The average molecular weight is 265 g/mol. The molecule has 0 aliphatic heterocycles. The molecule has 6 heteroatoms. The predicted octanol–water partition coefficient (Wildman–Crippen LogP) is 1.68. The van der Waals surface area contributed by atoms with Crippen LogP contribution in [0, 0.1) is 5.92 Å². The first-order chi connectivity index (χ1) is 8.97. The van der Waals surface area contributed by atoms with E-state index < -0.39 is 11.9 Å². The fourth-order valence-corrected chi connectivity index (χ4v) is 1.63. The van der Waals surface area contributed by atoms with Crippen LogP contribution in [0.2, 0.25) is 0 Å². The number of amides is 2. The van der Waals surface area contributed by atoms with Crippen LogP contribution < -0.4 is 4.90 Å². The molecule has 0 saturated carbocycles. The third-order valence-electron chi connectivity index (χ3n) is 2.89. The van der Waals surface area contributed by atoms with E-state index in [2.05, 4.69) is 4.98 Å². The molecule has 0 aromatic carbocycles. The van der Waals surface area contributed by atoms with Crippen LogP contribution >= 0.6 is 0 Å². The fraction of sp³-hybridized carbons (Fsp3) is 0.462. The molecule has 19 heavy (non-hydrogen) atoms. The Balaban J connectivity index is 2.76. The zero-order valence-electron chi connectivity index (χ0n) is 11.4. The summed E-state index contributed by atoms with van der Waals surface area (Å²) >= 11 is 0. The molecule has 0 radical (unpaired) electrons. The molecule has 1 N–H and O–H groups in total. The second-order valence-corrected chi connectivity index (χ2v) is 4.33. The lowest BCUT2D eigenvalue weighted by molar-refractivity contribution is -0.141. The third kappa shape index (κ3) is 3.94. The zero-order chi connectivity index (χ0) is 14.4. The number of aromatic nitrogens is 1. The van der Waals surface area contributed by atoms with Crippen molar-refractivity contribution in [2.24, 2.45) is 5.92 Å². The Kier molecular flexibility index (Phi) is 5.29. The molecule has 0 aliphatic carbocycles. The molecule has 1 rings (SSSR count). The minimum atomic E-state index is -0.907. The number of pyridine rings is 1. The Bertz CT molecular complexity index is 436. The molecule has 1 atom stereocenters. The number of hydrogen-bond donors (Lipinski definition) is 1. The normalized spacial score (nSPS) is 11.7. The molecule has 1 heterocycles. The number of nitrogens with zero attached hydrogens (tertiary/aromatic N) is 3. The summed E-state index contributed by atoms with van der Waals surface area (Å²) in [5, 5.41) is 8.90. The third-order valence-corrected chi connectivity index (χ3v) is 2.89. The highest BCUT2D eigenvalue weighted by atomic mass is 16.4. The number of carboxylic acids is 1. The van der Waals surface area contributed by atoms with Gasteiger partial charge in [0.15, 0.2) is 0 Å². The maximum atomic E-state index is 12.3. The summed E-state index contributed by atoms with van der Waals surface area (Å²) < 4.78 is 0. The lowest BCUT2D eigenvalue weighted by atomic mass is 10.2. The maximum Gasteiger partial charge on any atom is 0.324 e. The molecule has 104 valence electrons. The van der Waals surface area contributed by atoms with E-state index in [0.717, 1.165) is 0 Å². The van der Waals surface area contributed by atoms with Gasteiger partial charge in [-0.3, -0.25) is 14.7 Å². The summed E-state index contributed by atoms with van der Waals surface area (Å²) in [6, 6.07) is 3.29. The van der Waals surface area contributed by atoms with Crippen LogP contribution in [0.4, 0.5) is 10.5 Å². The molecule has 2 amide bonds. The largest absolute Gasteiger partial charge is 0.481 e. The first-order valence-electron chi connectivity index (χ1n) is 6.12. The second kappa shape index (κ2) is 6.72. The summed E-state index contributed by atoms with van der Waals surface area (Å²) in [6.07, 6.45) is 3.22. The summed E-state index contributed by atoms with van der Waals surface area (Å²) in [5.74, 6) is -1.50. The highest BCUT2D eigenvalue weighted by molar-refractivity contribution is 5.91. The number of carbonyl (C=O) groups excluding carboxylic acids is 1. The van der Waals surface area contributed by atoms with Crippen molar-refractivity contribution in [3.8, 4) is 0 Å².